The molecule has 16 heavy (non-hydrogen) atoms. The highest BCUT2D eigenvalue weighted by molar-refractivity contribution is 7.99. The Labute approximate surface area is 98.3 Å². The average Bonchev–Trinajstić information content (AvgIpc) is 2.31. The first-order valence-electron chi connectivity index (χ1n) is 4.91. The molecule has 0 spiro atoms. The molecule has 2 heterocycles. The molecule has 2 rings (SSSR count). The molecule has 0 aliphatic heterocycles. The Morgan fingerprint density at radius 2 is 2.00 bits per heavy atom. The van der Waals surface area contributed by atoms with Gasteiger partial charge in [0, 0.05) is 24.6 Å². The van der Waals surface area contributed by atoms with Crippen LogP contribution >= 0.6 is 11.8 Å². The Hall–Kier alpha value is -1.46. The summed E-state index contributed by atoms with van der Waals surface area (Å²) < 4.78 is 0. The number of aryl methyl sites for hydroxylation is 1. The molecular weight excluding hydrogens is 220 g/mol. The molecule has 0 bridgehead atoms. The Balaban J connectivity index is 2.30. The summed E-state index contributed by atoms with van der Waals surface area (Å²) in [6.07, 6.45) is 3.43. The minimum absolute atomic E-state index is 0.475. The second-order valence-electron chi connectivity index (χ2n) is 3.25. The van der Waals surface area contributed by atoms with Crippen molar-refractivity contribution in [2.75, 3.05) is 0 Å². The molecule has 0 aliphatic rings. The van der Waals surface area contributed by atoms with Gasteiger partial charge in [0.25, 0.3) is 0 Å². The van der Waals surface area contributed by atoms with E-state index in [1.54, 1.807) is 18.5 Å². The van der Waals surface area contributed by atoms with Gasteiger partial charge in [-0.05, 0) is 36.4 Å². The molecule has 4 nitrogen and oxygen atoms in total. The van der Waals surface area contributed by atoms with Gasteiger partial charge in [-0.2, -0.15) is 0 Å². The van der Waals surface area contributed by atoms with Crippen molar-refractivity contribution in [3.63, 3.8) is 0 Å². The Bertz CT molecular complexity index is 473. The van der Waals surface area contributed by atoms with Crippen LogP contribution in [0.1, 0.15) is 11.3 Å². The normalized spacial score (nSPS) is 10.4. The van der Waals surface area contributed by atoms with Gasteiger partial charge >= 0.3 is 0 Å². The quantitative estimate of drug-likeness (QED) is 0.817. The number of rotatable bonds is 3. The van der Waals surface area contributed by atoms with Crippen LogP contribution in [-0.2, 0) is 6.54 Å². The van der Waals surface area contributed by atoms with E-state index in [2.05, 4.69) is 15.0 Å². The van der Waals surface area contributed by atoms with E-state index in [1.165, 1.54) is 11.8 Å². The molecule has 0 radical (unpaired) electrons. The first-order chi connectivity index (χ1) is 7.79. The van der Waals surface area contributed by atoms with E-state index in [4.69, 9.17) is 5.73 Å². The fourth-order valence-electron chi connectivity index (χ4n) is 1.23. The van der Waals surface area contributed by atoms with Crippen LogP contribution < -0.4 is 5.73 Å². The van der Waals surface area contributed by atoms with E-state index in [9.17, 15) is 0 Å². The van der Waals surface area contributed by atoms with Crippen LogP contribution in [0.4, 0.5) is 0 Å². The minimum Gasteiger partial charge on any atom is -0.326 e. The van der Waals surface area contributed by atoms with Crippen LogP contribution in [0.5, 0.6) is 0 Å². The molecule has 2 N–H and O–H groups in total. The Kier molecular flexibility index (Phi) is 3.48. The van der Waals surface area contributed by atoms with Crippen LogP contribution in [0.2, 0.25) is 0 Å². The molecule has 0 unspecified atom stereocenters. The van der Waals surface area contributed by atoms with Crippen molar-refractivity contribution < 1.29 is 0 Å². The van der Waals surface area contributed by atoms with Gasteiger partial charge in [-0.1, -0.05) is 6.07 Å². The largest absolute Gasteiger partial charge is 0.326 e. The van der Waals surface area contributed by atoms with E-state index < -0.39 is 0 Å². The molecule has 0 saturated heterocycles. The summed E-state index contributed by atoms with van der Waals surface area (Å²) in [7, 11) is 0. The predicted octanol–water partition coefficient (Wildman–Crippen LogP) is 1.79. The van der Waals surface area contributed by atoms with Crippen LogP contribution in [0, 0.1) is 6.92 Å². The molecular formula is C11H12N4S. The zero-order valence-electron chi connectivity index (χ0n) is 8.92. The third-order valence-corrected chi connectivity index (χ3v) is 2.97. The number of hydrogen-bond acceptors (Lipinski definition) is 5. The zero-order valence-corrected chi connectivity index (χ0v) is 9.74. The fourth-order valence-corrected chi connectivity index (χ4v) is 2.10. The topological polar surface area (TPSA) is 64.7 Å². The van der Waals surface area contributed by atoms with Crippen LogP contribution in [-0.4, -0.2) is 15.0 Å². The first-order valence-corrected chi connectivity index (χ1v) is 5.72. The van der Waals surface area contributed by atoms with Gasteiger partial charge in [-0.15, -0.1) is 0 Å². The lowest BCUT2D eigenvalue weighted by molar-refractivity contribution is 0.920. The summed E-state index contributed by atoms with van der Waals surface area (Å²) in [5, 5.41) is 1.57. The highest BCUT2D eigenvalue weighted by atomic mass is 32.2. The van der Waals surface area contributed by atoms with Gasteiger partial charge in [-0.3, -0.25) is 0 Å². The number of nitrogens with two attached hydrogens (primary N) is 1. The molecule has 0 saturated carbocycles. The monoisotopic (exact) mass is 232 g/mol. The highest BCUT2D eigenvalue weighted by Crippen LogP contribution is 2.25. The summed E-state index contributed by atoms with van der Waals surface area (Å²) in [5.74, 6) is 0. The summed E-state index contributed by atoms with van der Waals surface area (Å²) in [6.45, 7) is 2.43. The summed E-state index contributed by atoms with van der Waals surface area (Å²) >= 11 is 1.44. The molecule has 82 valence electrons. The van der Waals surface area contributed by atoms with Gasteiger partial charge in [-0.25, -0.2) is 15.0 Å². The van der Waals surface area contributed by atoms with Gasteiger partial charge in [0.15, 0.2) is 5.16 Å². The van der Waals surface area contributed by atoms with Crippen LogP contribution in [0.15, 0.2) is 40.8 Å². The number of nitrogens with zero attached hydrogens (tertiary/aromatic N) is 3. The molecule has 2 aromatic heterocycles. The highest BCUT2D eigenvalue weighted by Gasteiger charge is 2.06. The number of pyridine rings is 1. The van der Waals surface area contributed by atoms with Crippen LogP contribution in [0.3, 0.4) is 0 Å². The maximum Gasteiger partial charge on any atom is 0.193 e. The Morgan fingerprint density at radius 1 is 1.25 bits per heavy atom. The summed E-state index contributed by atoms with van der Waals surface area (Å²) in [4.78, 5) is 12.7. The SMILES string of the molecule is Cc1ccc(CN)c(Sc2ncccn2)n1. The molecule has 2 aromatic rings. The molecule has 5 heteroatoms. The molecule has 0 aliphatic carbocycles. The van der Waals surface area contributed by atoms with Crippen molar-refractivity contribution in [3.05, 3.63) is 41.9 Å². The zero-order chi connectivity index (χ0) is 11.4. The second-order valence-corrected chi connectivity index (χ2v) is 4.21. The van der Waals surface area contributed by atoms with Crippen molar-refractivity contribution in [2.45, 2.75) is 23.7 Å². The van der Waals surface area contributed by atoms with E-state index in [-0.39, 0.29) is 0 Å². The molecule has 0 fully saturated rings. The molecule has 0 aromatic carbocycles. The lowest BCUT2D eigenvalue weighted by Crippen LogP contribution is -2.01. The smallest absolute Gasteiger partial charge is 0.193 e. The second kappa shape index (κ2) is 5.05. The summed E-state index contributed by atoms with van der Waals surface area (Å²) in [6, 6.07) is 5.74. The van der Waals surface area contributed by atoms with Gasteiger partial charge in [0.05, 0.1) is 0 Å². The van der Waals surface area contributed by atoms with E-state index in [0.29, 0.717) is 11.7 Å². The predicted molar refractivity (Wildman–Crippen MR) is 63.0 cm³/mol. The first kappa shape index (κ1) is 11.0. The molecule has 0 atom stereocenters. The van der Waals surface area contributed by atoms with E-state index >= 15 is 0 Å². The number of aromatic nitrogens is 3. The van der Waals surface area contributed by atoms with E-state index in [0.717, 1.165) is 16.3 Å². The van der Waals surface area contributed by atoms with Crippen molar-refractivity contribution in [1.82, 2.24) is 15.0 Å². The van der Waals surface area contributed by atoms with Crippen molar-refractivity contribution in [3.8, 4) is 0 Å². The fraction of sp³-hybridized carbons (Fsp3) is 0.182. The standard InChI is InChI=1S/C11H12N4S/c1-8-3-4-9(7-12)10(15-8)16-11-13-5-2-6-14-11/h2-6H,7,12H2,1H3. The third kappa shape index (κ3) is 2.56. The van der Waals surface area contributed by atoms with Crippen molar-refractivity contribution in [1.29, 1.82) is 0 Å². The Morgan fingerprint density at radius 3 is 2.69 bits per heavy atom. The van der Waals surface area contributed by atoms with Gasteiger partial charge in [0.2, 0.25) is 0 Å². The van der Waals surface area contributed by atoms with Crippen molar-refractivity contribution in [2.24, 2.45) is 5.73 Å². The molecule has 0 amide bonds. The lowest BCUT2D eigenvalue weighted by Gasteiger charge is -2.05. The average molecular weight is 232 g/mol. The lowest BCUT2D eigenvalue weighted by atomic mass is 10.2. The minimum atomic E-state index is 0.475. The van der Waals surface area contributed by atoms with Crippen LogP contribution in [0.25, 0.3) is 0 Å². The van der Waals surface area contributed by atoms with Gasteiger partial charge in [0.1, 0.15) is 5.03 Å². The summed E-state index contributed by atoms with van der Waals surface area (Å²) in [5.41, 5.74) is 7.65. The van der Waals surface area contributed by atoms with Crippen molar-refractivity contribution >= 4 is 11.8 Å². The maximum atomic E-state index is 5.66. The number of hydrogen-bond donors (Lipinski definition) is 1. The van der Waals surface area contributed by atoms with Gasteiger partial charge < -0.3 is 5.73 Å². The third-order valence-electron chi connectivity index (χ3n) is 2.03. The maximum absolute atomic E-state index is 5.66. The van der Waals surface area contributed by atoms with E-state index in [1.807, 2.05) is 19.1 Å².